The molecule has 2 N–H and O–H groups in total. The number of carboxylic acids is 1. The maximum atomic E-state index is 11.3. The summed E-state index contributed by atoms with van der Waals surface area (Å²) >= 11 is 1.50. The Morgan fingerprint density at radius 1 is 1.39 bits per heavy atom. The van der Waals surface area contributed by atoms with Crippen molar-refractivity contribution in [2.75, 3.05) is 5.32 Å². The molecule has 1 aromatic carbocycles. The molecule has 0 atom stereocenters. The number of carboxylic acid groups (broad SMARTS) is 1. The van der Waals surface area contributed by atoms with Crippen LogP contribution in [0.5, 0.6) is 0 Å². The first-order valence-electron chi connectivity index (χ1n) is 5.17. The molecule has 0 unspecified atom stereocenters. The van der Waals surface area contributed by atoms with Gasteiger partial charge in [0.2, 0.25) is 5.91 Å². The van der Waals surface area contributed by atoms with Gasteiger partial charge in [-0.3, -0.25) is 9.59 Å². The van der Waals surface area contributed by atoms with E-state index in [2.05, 4.69) is 10.3 Å². The average molecular weight is 262 g/mol. The number of carbonyl (C=O) groups is 2. The fourth-order valence-electron chi connectivity index (χ4n) is 1.44. The lowest BCUT2D eigenvalue weighted by Gasteiger charge is -2.04. The molecule has 0 aliphatic rings. The Kier molecular flexibility index (Phi) is 3.69. The SMILES string of the molecule is O=C(O)CC(=O)Nc1cccc(-c2nccs2)c1. The van der Waals surface area contributed by atoms with Gasteiger partial charge in [0, 0.05) is 22.8 Å². The van der Waals surface area contributed by atoms with E-state index in [9.17, 15) is 9.59 Å². The molecule has 0 aliphatic heterocycles. The van der Waals surface area contributed by atoms with Crippen LogP contribution in [-0.4, -0.2) is 22.0 Å². The van der Waals surface area contributed by atoms with E-state index >= 15 is 0 Å². The van der Waals surface area contributed by atoms with Crippen molar-refractivity contribution >= 4 is 28.9 Å². The largest absolute Gasteiger partial charge is 0.481 e. The average Bonchev–Trinajstić information content (AvgIpc) is 2.81. The molecule has 1 aromatic heterocycles. The van der Waals surface area contributed by atoms with Gasteiger partial charge < -0.3 is 10.4 Å². The standard InChI is InChI=1S/C12H10N2O3S/c15-10(7-11(16)17)14-9-3-1-2-8(6-9)12-13-4-5-18-12/h1-6H,7H2,(H,14,15)(H,16,17). The van der Waals surface area contributed by atoms with Crippen LogP contribution in [-0.2, 0) is 9.59 Å². The van der Waals surface area contributed by atoms with Crippen molar-refractivity contribution < 1.29 is 14.7 Å². The molecule has 18 heavy (non-hydrogen) atoms. The number of nitrogens with one attached hydrogen (secondary N) is 1. The minimum Gasteiger partial charge on any atom is -0.481 e. The summed E-state index contributed by atoms with van der Waals surface area (Å²) in [5, 5.41) is 13.7. The number of amides is 1. The highest BCUT2D eigenvalue weighted by molar-refractivity contribution is 7.13. The molecule has 6 heteroatoms. The van der Waals surface area contributed by atoms with E-state index in [1.54, 1.807) is 24.4 Å². The van der Waals surface area contributed by atoms with Crippen molar-refractivity contribution in [2.24, 2.45) is 0 Å². The Morgan fingerprint density at radius 2 is 2.22 bits per heavy atom. The minimum atomic E-state index is -1.15. The van der Waals surface area contributed by atoms with Gasteiger partial charge >= 0.3 is 5.97 Å². The predicted molar refractivity (Wildman–Crippen MR) is 68.4 cm³/mol. The molecule has 0 bridgehead atoms. The van der Waals surface area contributed by atoms with E-state index in [1.165, 1.54) is 11.3 Å². The van der Waals surface area contributed by atoms with Crippen molar-refractivity contribution in [3.8, 4) is 10.6 Å². The van der Waals surface area contributed by atoms with Gasteiger partial charge in [-0.15, -0.1) is 11.3 Å². The summed E-state index contributed by atoms with van der Waals surface area (Å²) in [6, 6.07) is 7.13. The molecule has 0 saturated heterocycles. The number of nitrogens with zero attached hydrogens (tertiary/aromatic N) is 1. The highest BCUT2D eigenvalue weighted by Crippen LogP contribution is 2.24. The summed E-state index contributed by atoms with van der Waals surface area (Å²) in [5.74, 6) is -1.69. The predicted octanol–water partition coefficient (Wildman–Crippen LogP) is 2.22. The molecule has 1 amide bonds. The summed E-state index contributed by atoms with van der Waals surface area (Å²) in [6.07, 6.45) is 1.16. The number of carbonyl (C=O) groups excluding carboxylic acids is 1. The van der Waals surface area contributed by atoms with E-state index in [0.717, 1.165) is 10.6 Å². The van der Waals surface area contributed by atoms with Crippen molar-refractivity contribution in [2.45, 2.75) is 6.42 Å². The number of rotatable bonds is 4. The molecule has 2 rings (SSSR count). The van der Waals surface area contributed by atoms with Crippen molar-refractivity contribution in [3.05, 3.63) is 35.8 Å². The summed E-state index contributed by atoms with van der Waals surface area (Å²) in [4.78, 5) is 25.9. The molecular weight excluding hydrogens is 252 g/mol. The van der Waals surface area contributed by atoms with Gasteiger partial charge in [-0.25, -0.2) is 4.98 Å². The van der Waals surface area contributed by atoms with Crippen molar-refractivity contribution in [1.29, 1.82) is 0 Å². The van der Waals surface area contributed by atoms with Gasteiger partial charge in [-0.2, -0.15) is 0 Å². The third-order valence-electron chi connectivity index (χ3n) is 2.14. The van der Waals surface area contributed by atoms with Gasteiger partial charge in [0.25, 0.3) is 0 Å². The van der Waals surface area contributed by atoms with Crippen LogP contribution in [0, 0.1) is 0 Å². The van der Waals surface area contributed by atoms with Crippen LogP contribution in [0.15, 0.2) is 35.8 Å². The molecule has 0 fully saturated rings. The first-order chi connectivity index (χ1) is 8.65. The highest BCUT2D eigenvalue weighted by Gasteiger charge is 2.08. The number of anilines is 1. The fourth-order valence-corrected chi connectivity index (χ4v) is 2.07. The second-order valence-corrected chi connectivity index (χ2v) is 4.43. The number of aromatic nitrogens is 1. The van der Waals surface area contributed by atoms with E-state index in [-0.39, 0.29) is 0 Å². The van der Waals surface area contributed by atoms with Crippen LogP contribution >= 0.6 is 11.3 Å². The topological polar surface area (TPSA) is 79.3 Å². The van der Waals surface area contributed by atoms with Gasteiger partial charge in [0.1, 0.15) is 11.4 Å². The zero-order valence-corrected chi connectivity index (χ0v) is 10.1. The Labute approximate surface area is 107 Å². The number of hydrogen-bond acceptors (Lipinski definition) is 4. The van der Waals surface area contributed by atoms with E-state index in [1.807, 2.05) is 11.4 Å². The number of aliphatic carboxylic acids is 1. The summed E-state index contributed by atoms with van der Waals surface area (Å²) in [6.45, 7) is 0. The molecule has 2 aromatic rings. The smallest absolute Gasteiger partial charge is 0.312 e. The Bertz CT molecular complexity index is 566. The molecule has 5 nitrogen and oxygen atoms in total. The Balaban J connectivity index is 2.13. The van der Waals surface area contributed by atoms with Crippen LogP contribution in [0.25, 0.3) is 10.6 Å². The van der Waals surface area contributed by atoms with E-state index in [4.69, 9.17) is 5.11 Å². The summed E-state index contributed by atoms with van der Waals surface area (Å²) in [5.41, 5.74) is 1.45. The summed E-state index contributed by atoms with van der Waals surface area (Å²) < 4.78 is 0. The van der Waals surface area contributed by atoms with Crippen LogP contribution in [0.2, 0.25) is 0 Å². The molecule has 0 saturated carbocycles. The molecular formula is C12H10N2O3S. The molecule has 0 radical (unpaired) electrons. The van der Waals surface area contributed by atoms with Crippen LogP contribution in [0.3, 0.4) is 0 Å². The van der Waals surface area contributed by atoms with Crippen LogP contribution in [0.4, 0.5) is 5.69 Å². The van der Waals surface area contributed by atoms with Crippen molar-refractivity contribution in [3.63, 3.8) is 0 Å². The first-order valence-corrected chi connectivity index (χ1v) is 6.04. The first kappa shape index (κ1) is 12.3. The van der Waals surface area contributed by atoms with E-state index in [0.29, 0.717) is 5.69 Å². The van der Waals surface area contributed by atoms with Gasteiger partial charge in [-0.1, -0.05) is 12.1 Å². The Hall–Kier alpha value is -2.21. The normalized spacial score (nSPS) is 10.0. The second kappa shape index (κ2) is 5.42. The minimum absolute atomic E-state index is 0.540. The number of thiazole rings is 1. The monoisotopic (exact) mass is 262 g/mol. The number of hydrogen-bond donors (Lipinski definition) is 2. The lowest BCUT2D eigenvalue weighted by Crippen LogP contribution is -2.15. The molecule has 0 spiro atoms. The van der Waals surface area contributed by atoms with Gasteiger partial charge in [0.05, 0.1) is 0 Å². The number of benzene rings is 1. The molecule has 0 aliphatic carbocycles. The van der Waals surface area contributed by atoms with Gasteiger partial charge in [0.15, 0.2) is 0 Å². The van der Waals surface area contributed by atoms with E-state index < -0.39 is 18.3 Å². The quantitative estimate of drug-likeness (QED) is 0.828. The zero-order valence-electron chi connectivity index (χ0n) is 9.29. The van der Waals surface area contributed by atoms with Crippen molar-refractivity contribution in [1.82, 2.24) is 4.98 Å². The second-order valence-electron chi connectivity index (χ2n) is 3.54. The fraction of sp³-hybridized carbons (Fsp3) is 0.0833. The lowest BCUT2D eigenvalue weighted by molar-refractivity contribution is -0.139. The third kappa shape index (κ3) is 3.14. The highest BCUT2D eigenvalue weighted by atomic mass is 32.1. The van der Waals surface area contributed by atoms with Crippen LogP contribution in [0.1, 0.15) is 6.42 Å². The van der Waals surface area contributed by atoms with Crippen LogP contribution < -0.4 is 5.32 Å². The molecule has 92 valence electrons. The zero-order chi connectivity index (χ0) is 13.0. The third-order valence-corrected chi connectivity index (χ3v) is 2.96. The molecule has 1 heterocycles. The maximum absolute atomic E-state index is 11.3. The Morgan fingerprint density at radius 3 is 2.89 bits per heavy atom. The maximum Gasteiger partial charge on any atom is 0.312 e. The van der Waals surface area contributed by atoms with Gasteiger partial charge in [-0.05, 0) is 12.1 Å². The summed E-state index contributed by atoms with van der Waals surface area (Å²) in [7, 11) is 0. The lowest BCUT2D eigenvalue weighted by atomic mass is 10.2.